The van der Waals surface area contributed by atoms with Gasteiger partial charge in [-0.05, 0) is 0 Å². The van der Waals surface area contributed by atoms with Crippen molar-refractivity contribution in [2.24, 2.45) is 0 Å². The Hall–Kier alpha value is 2.53. The van der Waals surface area contributed by atoms with Gasteiger partial charge in [-0.15, -0.1) is 12.0 Å². The minimum absolute atomic E-state index is 0. The largest absolute Gasteiger partial charge is 0.144 e. The van der Waals surface area contributed by atoms with E-state index in [0.29, 0.717) is 9.52 Å². The molecule has 0 rings (SSSR count). The third-order valence-corrected chi connectivity index (χ3v) is 0.433. The van der Waals surface area contributed by atoms with Crippen LogP contribution in [0.15, 0.2) is 0 Å². The van der Waals surface area contributed by atoms with Crippen LogP contribution in [0, 0.1) is 12.0 Å². The molecule has 0 aliphatic carbocycles. The van der Waals surface area contributed by atoms with Crippen LogP contribution in [0.5, 0.6) is 0 Å². The van der Waals surface area contributed by atoms with E-state index in [0.717, 1.165) is 0 Å². The van der Waals surface area contributed by atoms with E-state index in [9.17, 15) is 0 Å². The zero-order chi connectivity index (χ0) is 3.41. The van der Waals surface area contributed by atoms with Crippen LogP contribution in [-0.2, 0) is 84.3 Å². The molecule has 0 spiro atoms. The van der Waals surface area contributed by atoms with Gasteiger partial charge in [0.2, 0.25) is 0 Å². The molecule has 0 aromatic rings. The van der Waals surface area contributed by atoms with Gasteiger partial charge in [-0.2, -0.15) is 0 Å². The summed E-state index contributed by atoms with van der Waals surface area (Å²) in [7, 11) is 0.668. The van der Waals surface area contributed by atoms with Gasteiger partial charge in [-0.1, -0.05) is 6.55 Å². The molecule has 0 bridgehead atoms. The van der Waals surface area contributed by atoms with Crippen molar-refractivity contribution < 1.29 is 84.3 Å². The fraction of sp³-hybridized carbons (Fsp3) is 0.333. The molecule has 0 saturated heterocycles. The zero-order valence-electron chi connectivity index (χ0n) is 4.21. The second-order valence-electron chi connectivity index (χ2n) is 0.394. The Labute approximate surface area is 111 Å². The van der Waals surface area contributed by atoms with E-state index in [-0.39, 0.29) is 84.3 Å². The Morgan fingerprint density at radius 1 is 1.12 bits per heavy atom. The van der Waals surface area contributed by atoms with Crippen LogP contribution in [0.1, 0.15) is 0 Å². The van der Waals surface area contributed by atoms with Crippen LogP contribution in [0.2, 0.25) is 6.55 Å². The van der Waals surface area contributed by atoms with E-state index in [1.165, 1.54) is 0 Å². The van der Waals surface area contributed by atoms with Crippen LogP contribution in [0.4, 0.5) is 0 Å². The van der Waals surface area contributed by atoms with Crippen molar-refractivity contribution in [1.29, 1.82) is 0 Å². The zero-order valence-corrected chi connectivity index (χ0v) is 16.9. The molecule has 0 aliphatic rings. The maximum Gasteiger partial charge on any atom is 0.144 e. The first-order valence-corrected chi connectivity index (χ1v) is 2.54. The van der Waals surface area contributed by atoms with Crippen molar-refractivity contribution in [3.05, 3.63) is 0 Å². The minimum atomic E-state index is 0. The molecule has 8 heavy (non-hydrogen) atoms. The third kappa shape index (κ3) is 38.8. The molecular weight excluding hydrogens is 799 g/mol. The molecular formula is C3H4SiW4. The average Bonchev–Trinajstić information content (AvgIpc) is 1.37. The summed E-state index contributed by atoms with van der Waals surface area (Å²) in [6.45, 7) is 1.97. The molecule has 0 fully saturated rings. The van der Waals surface area contributed by atoms with Gasteiger partial charge < -0.3 is 0 Å². The maximum absolute atomic E-state index is 4.79. The molecule has 0 aliphatic heterocycles. The summed E-state index contributed by atoms with van der Waals surface area (Å²) in [6.07, 6.45) is 4.79. The molecule has 0 heterocycles. The van der Waals surface area contributed by atoms with Crippen LogP contribution in [-0.4, -0.2) is 9.52 Å². The van der Waals surface area contributed by atoms with E-state index >= 15 is 0 Å². The van der Waals surface area contributed by atoms with Crippen LogP contribution >= 0.6 is 0 Å². The minimum Gasteiger partial charge on any atom is -0.139 e. The van der Waals surface area contributed by atoms with Gasteiger partial charge in [-0.25, -0.2) is 0 Å². The molecule has 44 valence electrons. The van der Waals surface area contributed by atoms with Crippen molar-refractivity contribution in [3.63, 3.8) is 0 Å². The first-order valence-electron chi connectivity index (χ1n) is 1.04. The summed E-state index contributed by atoms with van der Waals surface area (Å²) in [4.78, 5) is 0. The van der Waals surface area contributed by atoms with Gasteiger partial charge >= 0.3 is 0 Å². The molecule has 0 aromatic carbocycles. The molecule has 2 radical (unpaired) electrons. The SMILES string of the molecule is C#C[Si]C.[W].[W].[W].[W]. The van der Waals surface area contributed by atoms with Crippen LogP contribution in [0.25, 0.3) is 0 Å². The quantitative estimate of drug-likeness (QED) is 0.245. The van der Waals surface area contributed by atoms with Gasteiger partial charge in [0, 0.05) is 84.3 Å². The topological polar surface area (TPSA) is 0 Å². The normalized spacial score (nSPS) is 2.50. The fourth-order valence-corrected chi connectivity index (χ4v) is 0. The summed E-state index contributed by atoms with van der Waals surface area (Å²) in [5.74, 6) is 0. The fourth-order valence-electron chi connectivity index (χ4n) is 0. The smallest absolute Gasteiger partial charge is 0.139 e. The van der Waals surface area contributed by atoms with Crippen LogP contribution in [0.3, 0.4) is 0 Å². The monoisotopic (exact) mass is 804 g/mol. The Balaban J connectivity index is -0.00000000750. The molecule has 5 heteroatoms. The van der Waals surface area contributed by atoms with Gasteiger partial charge in [-0.3, -0.25) is 0 Å². The third-order valence-electron chi connectivity index (χ3n) is 0.144. The summed E-state index contributed by atoms with van der Waals surface area (Å²) in [6, 6.07) is 0. The first-order chi connectivity index (χ1) is 1.91. The summed E-state index contributed by atoms with van der Waals surface area (Å²) in [5.41, 5.74) is 2.46. The summed E-state index contributed by atoms with van der Waals surface area (Å²) < 4.78 is 0. The molecule has 0 unspecified atom stereocenters. The number of terminal acetylenes is 1. The van der Waals surface area contributed by atoms with E-state index in [4.69, 9.17) is 6.42 Å². The van der Waals surface area contributed by atoms with Gasteiger partial charge in [0.25, 0.3) is 0 Å². The van der Waals surface area contributed by atoms with Gasteiger partial charge in [0.1, 0.15) is 9.52 Å². The summed E-state index contributed by atoms with van der Waals surface area (Å²) in [5, 5.41) is 0. The van der Waals surface area contributed by atoms with E-state index in [2.05, 4.69) is 5.54 Å². The Morgan fingerprint density at radius 3 is 1.25 bits per heavy atom. The van der Waals surface area contributed by atoms with Crippen molar-refractivity contribution in [2.45, 2.75) is 6.55 Å². The van der Waals surface area contributed by atoms with Gasteiger partial charge in [0.05, 0.1) is 0 Å². The first kappa shape index (κ1) is 31.3. The molecule has 0 aromatic heterocycles. The standard InChI is InChI=1S/C3H4Si.4W/c1-3-4-2;;;;/h1H,2H3;;;;. The Morgan fingerprint density at radius 2 is 1.25 bits per heavy atom. The maximum atomic E-state index is 4.79. The van der Waals surface area contributed by atoms with Crippen molar-refractivity contribution in [1.82, 2.24) is 0 Å². The van der Waals surface area contributed by atoms with Crippen molar-refractivity contribution in [2.75, 3.05) is 0 Å². The molecule has 0 amide bonds. The predicted molar refractivity (Wildman–Crippen MR) is 20.5 cm³/mol. The van der Waals surface area contributed by atoms with Crippen molar-refractivity contribution >= 4 is 9.52 Å². The second kappa shape index (κ2) is 33.8. The van der Waals surface area contributed by atoms with E-state index < -0.39 is 0 Å². The Bertz CT molecular complexity index is 41.0. The van der Waals surface area contributed by atoms with Crippen LogP contribution < -0.4 is 0 Å². The molecule has 0 saturated carbocycles. The Kier molecular flexibility index (Phi) is 132. The van der Waals surface area contributed by atoms with E-state index in [1.807, 2.05) is 6.55 Å². The molecule has 0 atom stereocenters. The van der Waals surface area contributed by atoms with Gasteiger partial charge in [0.15, 0.2) is 0 Å². The number of hydrogen-bond donors (Lipinski definition) is 0. The average molecular weight is 804 g/mol. The molecule has 0 nitrogen and oxygen atoms in total. The van der Waals surface area contributed by atoms with E-state index in [1.54, 1.807) is 0 Å². The second-order valence-corrected chi connectivity index (χ2v) is 1.18. The van der Waals surface area contributed by atoms with Crippen molar-refractivity contribution in [3.8, 4) is 12.0 Å². The number of rotatable bonds is 0. The predicted octanol–water partition coefficient (Wildman–Crippen LogP) is 0.319. The summed E-state index contributed by atoms with van der Waals surface area (Å²) >= 11 is 0. The molecule has 0 N–H and O–H groups in total. The number of hydrogen-bond acceptors (Lipinski definition) is 0.